The molecule has 3 aromatic rings. The molecule has 2 radical (unpaired) electrons. The van der Waals surface area contributed by atoms with Gasteiger partial charge in [-0.25, -0.2) is 0 Å². The molecule has 25 heavy (non-hydrogen) atoms. The topological polar surface area (TPSA) is 9.23 Å². The predicted octanol–water partition coefficient (Wildman–Crippen LogP) is 4.55. The molecule has 0 bridgehead atoms. The Hall–Kier alpha value is -2.74. The SMILES string of the molecule is [B]c1ccc2c(c1)C=CCC(Cc1cccc(-c3ccccc3)c1)O2. The van der Waals surface area contributed by atoms with Crippen LogP contribution in [0.15, 0.2) is 78.9 Å². The Kier molecular flexibility index (Phi) is 4.43. The van der Waals surface area contributed by atoms with Crippen LogP contribution < -0.4 is 10.2 Å². The molecule has 2 heteroatoms. The highest BCUT2D eigenvalue weighted by atomic mass is 16.5. The number of hydrogen-bond acceptors (Lipinski definition) is 1. The minimum Gasteiger partial charge on any atom is -0.489 e. The van der Waals surface area contributed by atoms with E-state index < -0.39 is 0 Å². The summed E-state index contributed by atoms with van der Waals surface area (Å²) in [6, 6.07) is 25.0. The van der Waals surface area contributed by atoms with Gasteiger partial charge in [-0.1, -0.05) is 84.3 Å². The fraction of sp³-hybridized carbons (Fsp3) is 0.130. The van der Waals surface area contributed by atoms with Gasteiger partial charge in [0.2, 0.25) is 0 Å². The van der Waals surface area contributed by atoms with E-state index in [-0.39, 0.29) is 6.10 Å². The molecule has 0 saturated carbocycles. The summed E-state index contributed by atoms with van der Waals surface area (Å²) in [6.45, 7) is 0. The summed E-state index contributed by atoms with van der Waals surface area (Å²) in [4.78, 5) is 0. The molecule has 4 rings (SSSR count). The zero-order valence-electron chi connectivity index (χ0n) is 14.1. The van der Waals surface area contributed by atoms with Crippen molar-refractivity contribution in [2.75, 3.05) is 0 Å². The van der Waals surface area contributed by atoms with Gasteiger partial charge in [0.25, 0.3) is 0 Å². The van der Waals surface area contributed by atoms with Gasteiger partial charge in [0.15, 0.2) is 0 Å². The van der Waals surface area contributed by atoms with E-state index in [1.165, 1.54) is 16.7 Å². The van der Waals surface area contributed by atoms with Crippen molar-refractivity contribution >= 4 is 19.4 Å². The zero-order chi connectivity index (χ0) is 17.1. The number of ether oxygens (including phenoxy) is 1. The average Bonchev–Trinajstić information content (AvgIpc) is 2.84. The van der Waals surface area contributed by atoms with Gasteiger partial charge in [-0.3, -0.25) is 0 Å². The maximum absolute atomic E-state index is 6.24. The van der Waals surface area contributed by atoms with Crippen LogP contribution in [0, 0.1) is 0 Å². The molecule has 0 N–H and O–H groups in total. The van der Waals surface area contributed by atoms with E-state index in [1.54, 1.807) is 0 Å². The molecule has 0 aromatic heterocycles. The van der Waals surface area contributed by atoms with Crippen molar-refractivity contribution < 1.29 is 4.74 Å². The first kappa shape index (κ1) is 15.8. The molecule has 1 nitrogen and oxygen atoms in total. The van der Waals surface area contributed by atoms with Crippen molar-refractivity contribution in [1.82, 2.24) is 0 Å². The largest absolute Gasteiger partial charge is 0.489 e. The molecule has 0 saturated heterocycles. The summed E-state index contributed by atoms with van der Waals surface area (Å²) in [5.41, 5.74) is 5.60. The third-order valence-corrected chi connectivity index (χ3v) is 4.52. The Morgan fingerprint density at radius 2 is 1.72 bits per heavy atom. The van der Waals surface area contributed by atoms with Crippen LogP contribution >= 0.6 is 0 Å². The van der Waals surface area contributed by atoms with Crippen LogP contribution in [0.5, 0.6) is 5.75 Å². The van der Waals surface area contributed by atoms with Crippen molar-refractivity contribution in [3.63, 3.8) is 0 Å². The molecule has 0 aliphatic carbocycles. The van der Waals surface area contributed by atoms with Gasteiger partial charge in [0.05, 0.1) is 0 Å². The molecular weight excluding hydrogens is 303 g/mol. The maximum Gasteiger partial charge on any atom is 0.126 e. The predicted molar refractivity (Wildman–Crippen MR) is 105 cm³/mol. The van der Waals surface area contributed by atoms with Crippen molar-refractivity contribution in [2.45, 2.75) is 18.9 Å². The van der Waals surface area contributed by atoms with Crippen molar-refractivity contribution in [3.05, 3.63) is 90.0 Å². The molecule has 0 spiro atoms. The van der Waals surface area contributed by atoms with Crippen LogP contribution in [0.2, 0.25) is 0 Å². The zero-order valence-corrected chi connectivity index (χ0v) is 14.1. The highest BCUT2D eigenvalue weighted by Crippen LogP contribution is 2.27. The van der Waals surface area contributed by atoms with E-state index >= 15 is 0 Å². The Morgan fingerprint density at radius 1 is 0.880 bits per heavy atom. The summed E-state index contributed by atoms with van der Waals surface area (Å²) in [5.74, 6) is 0.909. The van der Waals surface area contributed by atoms with Crippen LogP contribution in [0.3, 0.4) is 0 Å². The summed E-state index contributed by atoms with van der Waals surface area (Å²) >= 11 is 0. The standard InChI is InChI=1S/C23H19BO/c24-21-12-13-23-20(16-21)10-5-11-22(25-23)15-17-6-4-9-19(14-17)18-7-2-1-3-8-18/h1-10,12-14,16,22H,11,15H2. The first-order valence-corrected chi connectivity index (χ1v) is 8.65. The smallest absolute Gasteiger partial charge is 0.126 e. The van der Waals surface area contributed by atoms with Crippen LogP contribution in [-0.2, 0) is 6.42 Å². The van der Waals surface area contributed by atoms with E-state index in [1.807, 2.05) is 24.3 Å². The van der Waals surface area contributed by atoms with Crippen molar-refractivity contribution in [3.8, 4) is 16.9 Å². The van der Waals surface area contributed by atoms with Crippen LogP contribution in [0.25, 0.3) is 17.2 Å². The Bertz CT molecular complexity index is 899. The number of fused-ring (bicyclic) bond motifs is 1. The number of benzene rings is 3. The minimum absolute atomic E-state index is 0.132. The lowest BCUT2D eigenvalue weighted by atomic mass is 9.94. The second-order valence-corrected chi connectivity index (χ2v) is 6.45. The fourth-order valence-corrected chi connectivity index (χ4v) is 3.28. The molecule has 1 aliphatic rings. The Balaban J connectivity index is 1.55. The minimum atomic E-state index is 0.132. The molecule has 1 aliphatic heterocycles. The van der Waals surface area contributed by atoms with E-state index in [0.29, 0.717) is 0 Å². The van der Waals surface area contributed by atoms with Gasteiger partial charge < -0.3 is 4.74 Å². The van der Waals surface area contributed by atoms with Gasteiger partial charge in [0.1, 0.15) is 19.7 Å². The maximum atomic E-state index is 6.24. The molecule has 0 amide bonds. The second kappa shape index (κ2) is 7.02. The lowest BCUT2D eigenvalue weighted by molar-refractivity contribution is 0.207. The van der Waals surface area contributed by atoms with E-state index in [9.17, 15) is 0 Å². The first-order valence-electron chi connectivity index (χ1n) is 8.65. The van der Waals surface area contributed by atoms with Crippen LogP contribution in [0.1, 0.15) is 17.5 Å². The average molecular weight is 322 g/mol. The lowest BCUT2D eigenvalue weighted by Gasteiger charge is -2.18. The van der Waals surface area contributed by atoms with Gasteiger partial charge in [-0.15, -0.1) is 0 Å². The monoisotopic (exact) mass is 322 g/mol. The van der Waals surface area contributed by atoms with E-state index in [0.717, 1.165) is 29.6 Å². The highest BCUT2D eigenvalue weighted by molar-refractivity contribution is 6.32. The van der Waals surface area contributed by atoms with Crippen LogP contribution in [0.4, 0.5) is 0 Å². The highest BCUT2D eigenvalue weighted by Gasteiger charge is 2.15. The van der Waals surface area contributed by atoms with Gasteiger partial charge in [-0.05, 0) is 22.8 Å². The molecule has 1 atom stereocenters. The molecule has 3 aromatic carbocycles. The number of rotatable bonds is 3. The molecule has 120 valence electrons. The second-order valence-electron chi connectivity index (χ2n) is 6.45. The summed E-state index contributed by atoms with van der Waals surface area (Å²) in [6.07, 6.45) is 6.19. The van der Waals surface area contributed by atoms with Gasteiger partial charge in [-0.2, -0.15) is 0 Å². The van der Waals surface area contributed by atoms with E-state index in [2.05, 4.69) is 60.7 Å². The Morgan fingerprint density at radius 3 is 2.60 bits per heavy atom. The van der Waals surface area contributed by atoms with Gasteiger partial charge >= 0.3 is 0 Å². The summed E-state index contributed by atoms with van der Waals surface area (Å²) < 4.78 is 6.24. The quantitative estimate of drug-likeness (QED) is 0.643. The van der Waals surface area contributed by atoms with E-state index in [4.69, 9.17) is 12.6 Å². The third kappa shape index (κ3) is 3.69. The van der Waals surface area contributed by atoms with Crippen LogP contribution in [-0.4, -0.2) is 14.0 Å². The van der Waals surface area contributed by atoms with Gasteiger partial charge in [0, 0.05) is 18.4 Å². The van der Waals surface area contributed by atoms with Crippen molar-refractivity contribution in [2.24, 2.45) is 0 Å². The Labute approximate surface area is 150 Å². The summed E-state index contributed by atoms with van der Waals surface area (Å²) in [7, 11) is 5.87. The summed E-state index contributed by atoms with van der Waals surface area (Å²) in [5, 5.41) is 0. The third-order valence-electron chi connectivity index (χ3n) is 4.52. The molecule has 0 fully saturated rings. The first-order chi connectivity index (χ1) is 12.3. The van der Waals surface area contributed by atoms with Crippen molar-refractivity contribution in [1.29, 1.82) is 0 Å². The number of hydrogen-bond donors (Lipinski definition) is 0. The molecular formula is C23H19BO. The molecule has 1 heterocycles. The molecule has 1 unspecified atom stereocenters. The fourth-order valence-electron chi connectivity index (χ4n) is 3.28. The lowest BCUT2D eigenvalue weighted by Crippen LogP contribution is -2.18. The normalized spacial score (nSPS) is 15.9.